The van der Waals surface area contributed by atoms with Crippen molar-refractivity contribution in [2.24, 2.45) is 0 Å². The van der Waals surface area contributed by atoms with E-state index in [0.29, 0.717) is 0 Å². The maximum absolute atomic E-state index is 11.8. The Labute approximate surface area is 101 Å². The maximum Gasteiger partial charge on any atom is 0.237 e. The van der Waals surface area contributed by atoms with Crippen LogP contribution in [0.2, 0.25) is 0 Å². The Morgan fingerprint density at radius 2 is 1.88 bits per heavy atom. The Kier molecular flexibility index (Phi) is 3.01. The number of carbonyl (C=O) groups excluding carboxylic acids is 2. The highest BCUT2D eigenvalue weighted by atomic mass is 16.2. The fraction of sp³-hybridized carbons (Fsp3) is 0.429. The third kappa shape index (κ3) is 2.09. The highest BCUT2D eigenvalue weighted by Crippen LogP contribution is 2.31. The molecule has 0 aliphatic carbocycles. The zero-order valence-electron chi connectivity index (χ0n) is 10.2. The summed E-state index contributed by atoms with van der Waals surface area (Å²) < 4.78 is 0. The molecule has 17 heavy (non-hydrogen) atoms. The molecule has 3 heteroatoms. The minimum Gasteiger partial charge on any atom is -0.296 e. The molecule has 2 amide bonds. The molecule has 1 aliphatic rings. The van der Waals surface area contributed by atoms with Gasteiger partial charge < -0.3 is 0 Å². The van der Waals surface area contributed by atoms with Gasteiger partial charge >= 0.3 is 0 Å². The van der Waals surface area contributed by atoms with Crippen molar-refractivity contribution in [3.8, 4) is 0 Å². The summed E-state index contributed by atoms with van der Waals surface area (Å²) in [5.74, 6) is -0.374. The molecule has 0 saturated carbocycles. The second kappa shape index (κ2) is 4.32. The van der Waals surface area contributed by atoms with Crippen molar-refractivity contribution in [3.63, 3.8) is 0 Å². The second-order valence-electron chi connectivity index (χ2n) is 4.83. The van der Waals surface area contributed by atoms with Crippen molar-refractivity contribution >= 4 is 11.8 Å². The number of rotatable bonds is 3. The summed E-state index contributed by atoms with van der Waals surface area (Å²) in [6.07, 6.45) is 2.40. The Balaban J connectivity index is 2.28. The number of carbonyl (C=O) groups is 2. The molecule has 1 N–H and O–H groups in total. The number of amides is 2. The lowest BCUT2D eigenvalue weighted by Crippen LogP contribution is -2.32. The normalized spacial score (nSPS) is 23.9. The van der Waals surface area contributed by atoms with E-state index in [9.17, 15) is 9.59 Å². The molecule has 0 aromatic heterocycles. The van der Waals surface area contributed by atoms with Crippen LogP contribution in [0.25, 0.3) is 0 Å². The van der Waals surface area contributed by atoms with Crippen molar-refractivity contribution in [3.05, 3.63) is 35.4 Å². The number of benzene rings is 1. The number of hydrogen-bond donors (Lipinski definition) is 1. The molecule has 1 unspecified atom stereocenters. The number of imide groups is 1. The summed E-state index contributed by atoms with van der Waals surface area (Å²) in [5.41, 5.74) is 1.49. The van der Waals surface area contributed by atoms with Gasteiger partial charge in [0.05, 0.1) is 5.41 Å². The molecule has 1 fully saturated rings. The summed E-state index contributed by atoms with van der Waals surface area (Å²) >= 11 is 0. The van der Waals surface area contributed by atoms with Crippen LogP contribution in [-0.4, -0.2) is 11.8 Å². The van der Waals surface area contributed by atoms with Crippen LogP contribution >= 0.6 is 0 Å². The van der Waals surface area contributed by atoms with Crippen molar-refractivity contribution in [2.75, 3.05) is 0 Å². The monoisotopic (exact) mass is 231 g/mol. The minimum atomic E-state index is -0.693. The van der Waals surface area contributed by atoms with Crippen LogP contribution in [0.15, 0.2) is 24.3 Å². The molecule has 2 rings (SSSR count). The van der Waals surface area contributed by atoms with Gasteiger partial charge in [-0.2, -0.15) is 0 Å². The first-order chi connectivity index (χ1) is 8.06. The largest absolute Gasteiger partial charge is 0.296 e. The molecule has 0 bridgehead atoms. The lowest BCUT2D eigenvalue weighted by atomic mass is 9.80. The van der Waals surface area contributed by atoms with Gasteiger partial charge in [-0.25, -0.2) is 0 Å². The van der Waals surface area contributed by atoms with Crippen LogP contribution in [-0.2, 0) is 21.4 Å². The van der Waals surface area contributed by atoms with E-state index in [1.807, 2.05) is 31.2 Å². The van der Waals surface area contributed by atoms with Crippen LogP contribution in [0, 0.1) is 0 Å². The van der Waals surface area contributed by atoms with Gasteiger partial charge in [-0.15, -0.1) is 0 Å². The quantitative estimate of drug-likeness (QED) is 0.808. The summed E-state index contributed by atoms with van der Waals surface area (Å²) in [5, 5.41) is 2.37. The van der Waals surface area contributed by atoms with Crippen molar-refractivity contribution in [2.45, 2.75) is 38.5 Å². The zero-order chi connectivity index (χ0) is 12.5. The second-order valence-corrected chi connectivity index (χ2v) is 4.83. The van der Waals surface area contributed by atoms with Crippen molar-refractivity contribution < 1.29 is 9.59 Å². The van der Waals surface area contributed by atoms with Crippen LogP contribution < -0.4 is 5.32 Å². The molecular formula is C14H17NO2. The van der Waals surface area contributed by atoms with Gasteiger partial charge in [0.25, 0.3) is 0 Å². The van der Waals surface area contributed by atoms with E-state index in [4.69, 9.17) is 0 Å². The molecule has 1 saturated heterocycles. The third-order valence-corrected chi connectivity index (χ3v) is 3.40. The van der Waals surface area contributed by atoms with E-state index >= 15 is 0 Å². The average molecular weight is 231 g/mol. The highest BCUT2D eigenvalue weighted by Gasteiger charge is 2.43. The highest BCUT2D eigenvalue weighted by molar-refractivity contribution is 6.08. The predicted octanol–water partition coefficient (Wildman–Crippen LogP) is 1.94. The third-order valence-electron chi connectivity index (χ3n) is 3.40. The number of nitrogens with one attached hydrogen (secondary N) is 1. The SMILES string of the molecule is CCCc1ccc(C2(C)CC(=O)NC2=O)cc1. The summed E-state index contributed by atoms with van der Waals surface area (Å²) in [4.78, 5) is 23.1. The van der Waals surface area contributed by atoms with Gasteiger partial charge in [0.15, 0.2) is 0 Å². The van der Waals surface area contributed by atoms with Crippen LogP contribution in [0.3, 0.4) is 0 Å². The summed E-state index contributed by atoms with van der Waals surface area (Å²) in [6.45, 7) is 3.96. The summed E-state index contributed by atoms with van der Waals surface area (Å²) in [6, 6.07) is 8.01. The molecular weight excluding hydrogens is 214 g/mol. The first-order valence-corrected chi connectivity index (χ1v) is 6.00. The van der Waals surface area contributed by atoms with Gasteiger partial charge in [-0.05, 0) is 24.5 Å². The smallest absolute Gasteiger partial charge is 0.237 e. The van der Waals surface area contributed by atoms with Crippen LogP contribution in [0.1, 0.15) is 37.8 Å². The fourth-order valence-electron chi connectivity index (χ4n) is 2.27. The average Bonchev–Trinajstić information content (AvgIpc) is 2.55. The van der Waals surface area contributed by atoms with Crippen molar-refractivity contribution in [1.29, 1.82) is 0 Å². The lowest BCUT2D eigenvalue weighted by molar-refractivity contribution is -0.126. The molecule has 0 spiro atoms. The molecule has 1 heterocycles. The number of hydrogen-bond acceptors (Lipinski definition) is 2. The molecule has 1 aromatic rings. The Hall–Kier alpha value is -1.64. The first kappa shape index (κ1) is 11.8. The van der Waals surface area contributed by atoms with Gasteiger partial charge in [0.2, 0.25) is 11.8 Å². The Bertz CT molecular complexity index is 450. The predicted molar refractivity (Wildman–Crippen MR) is 65.6 cm³/mol. The Morgan fingerprint density at radius 3 is 2.35 bits per heavy atom. The van der Waals surface area contributed by atoms with E-state index in [2.05, 4.69) is 12.2 Å². The maximum atomic E-state index is 11.8. The topological polar surface area (TPSA) is 46.2 Å². The molecule has 1 aliphatic heterocycles. The van der Waals surface area contributed by atoms with E-state index in [0.717, 1.165) is 18.4 Å². The molecule has 3 nitrogen and oxygen atoms in total. The summed E-state index contributed by atoms with van der Waals surface area (Å²) in [7, 11) is 0. The van der Waals surface area contributed by atoms with Gasteiger partial charge in [-0.1, -0.05) is 37.6 Å². The fourth-order valence-corrected chi connectivity index (χ4v) is 2.27. The van der Waals surface area contributed by atoms with E-state index in [-0.39, 0.29) is 18.2 Å². The van der Waals surface area contributed by atoms with E-state index in [1.165, 1.54) is 5.56 Å². The van der Waals surface area contributed by atoms with Crippen molar-refractivity contribution in [1.82, 2.24) is 5.32 Å². The number of aryl methyl sites for hydroxylation is 1. The van der Waals surface area contributed by atoms with Gasteiger partial charge in [0.1, 0.15) is 0 Å². The standard InChI is InChI=1S/C14H17NO2/c1-3-4-10-5-7-11(8-6-10)14(2)9-12(16)15-13(14)17/h5-8H,3-4,9H2,1-2H3,(H,15,16,17). The first-order valence-electron chi connectivity index (χ1n) is 6.00. The zero-order valence-corrected chi connectivity index (χ0v) is 10.2. The lowest BCUT2D eigenvalue weighted by Gasteiger charge is -2.20. The molecule has 1 atom stereocenters. The van der Waals surface area contributed by atoms with E-state index in [1.54, 1.807) is 0 Å². The van der Waals surface area contributed by atoms with Gasteiger partial charge in [0, 0.05) is 6.42 Å². The van der Waals surface area contributed by atoms with Crippen LogP contribution in [0.4, 0.5) is 0 Å². The molecule has 0 radical (unpaired) electrons. The van der Waals surface area contributed by atoms with Crippen LogP contribution in [0.5, 0.6) is 0 Å². The minimum absolute atomic E-state index is 0.185. The molecule has 90 valence electrons. The van der Waals surface area contributed by atoms with Gasteiger partial charge in [-0.3, -0.25) is 14.9 Å². The van der Waals surface area contributed by atoms with E-state index < -0.39 is 5.41 Å². The Morgan fingerprint density at radius 1 is 1.24 bits per heavy atom. The molecule has 1 aromatic carbocycles.